The zero-order valence-corrected chi connectivity index (χ0v) is 15.8. The minimum Gasteiger partial charge on any atom is -0.648 e. The first-order chi connectivity index (χ1) is 9.95. The molecule has 0 atom stereocenters. The average Bonchev–Trinajstić information content (AvgIpc) is 2.42. The maximum absolute atomic E-state index is 6.13. The van der Waals surface area contributed by atoms with Crippen molar-refractivity contribution >= 4 is 15.6 Å². The second-order valence-electron chi connectivity index (χ2n) is 7.09. The molecule has 0 saturated carbocycles. The smallest absolute Gasteiger partial charge is 0.523 e. The van der Waals surface area contributed by atoms with Crippen molar-refractivity contribution in [1.29, 1.82) is 0 Å². The summed E-state index contributed by atoms with van der Waals surface area (Å²) in [5.74, 6) is 1.11. The molecule has 0 heterocycles. The monoisotopic (exact) mass is 303 g/mol. The molecule has 1 radical (unpaired) electrons. The van der Waals surface area contributed by atoms with Crippen LogP contribution in [0.5, 0.6) is 5.75 Å². The van der Waals surface area contributed by atoms with E-state index in [1.54, 1.807) is 0 Å². The van der Waals surface area contributed by atoms with Crippen molar-refractivity contribution in [2.75, 3.05) is 0 Å². The van der Waals surface area contributed by atoms with Gasteiger partial charge in [-0.1, -0.05) is 89.2 Å². The molecule has 0 aliphatic carbocycles. The lowest BCUT2D eigenvalue weighted by molar-refractivity contribution is 0.522. The van der Waals surface area contributed by atoms with Crippen LogP contribution in [0.15, 0.2) is 18.2 Å². The minimum absolute atomic E-state index is 0.0880. The van der Waals surface area contributed by atoms with Crippen molar-refractivity contribution in [2.24, 2.45) is 0 Å². The Hall–Kier alpha value is -0.448. The Kier molecular flexibility index (Phi) is 8.46. The summed E-state index contributed by atoms with van der Waals surface area (Å²) in [4.78, 5) is 0. The molecule has 0 N–H and O–H groups in total. The Morgan fingerprint density at radius 1 is 1.00 bits per heavy atom. The van der Waals surface area contributed by atoms with Gasteiger partial charge in [0.2, 0.25) is 0 Å². The van der Waals surface area contributed by atoms with Crippen molar-refractivity contribution < 1.29 is 3.79 Å². The van der Waals surface area contributed by atoms with Crippen LogP contribution in [0.3, 0.4) is 0 Å². The van der Waals surface area contributed by atoms with Crippen LogP contribution in [0.25, 0.3) is 0 Å². The molecular formula is C19H32AlO. The molecule has 1 aromatic carbocycles. The van der Waals surface area contributed by atoms with Gasteiger partial charge in [0.1, 0.15) is 0 Å². The lowest BCUT2D eigenvalue weighted by Crippen LogP contribution is -2.15. The first-order valence-corrected chi connectivity index (χ1v) is 9.83. The molecule has 1 nitrogen and oxygen atoms in total. The van der Waals surface area contributed by atoms with E-state index in [1.165, 1.54) is 54.9 Å². The molecule has 1 aromatic rings. The maximum Gasteiger partial charge on any atom is 0.523 e. The van der Waals surface area contributed by atoms with Crippen LogP contribution in [-0.4, -0.2) is 15.6 Å². The van der Waals surface area contributed by atoms with E-state index >= 15 is 0 Å². The van der Waals surface area contributed by atoms with E-state index in [2.05, 4.69) is 52.8 Å². The third-order valence-corrected chi connectivity index (χ3v) is 4.89. The van der Waals surface area contributed by atoms with Crippen LogP contribution >= 0.6 is 0 Å². The molecule has 0 spiro atoms. The minimum atomic E-state index is 0.0880. The number of hydrogen-bond donors (Lipinski definition) is 0. The van der Waals surface area contributed by atoms with Gasteiger partial charge in [-0.3, -0.25) is 0 Å². The number of unbranched alkanes of at least 4 members (excludes halogenated alkanes) is 5. The standard InChI is InChI=1S/C11H16O.C8H17.Al/c1-8-5-6-10(12)9(7-8)11(2,3)4;1-3-5-7-8-6-4-2;/h5-7,12H,1-4H3;1,3-8H2,2H3;/q;;+1/p-1. The highest BCUT2D eigenvalue weighted by atomic mass is 27.1. The van der Waals surface area contributed by atoms with Gasteiger partial charge in [0.25, 0.3) is 0 Å². The Morgan fingerprint density at radius 3 is 2.33 bits per heavy atom. The Balaban J connectivity index is 2.35. The third-order valence-electron chi connectivity index (χ3n) is 3.83. The quantitative estimate of drug-likeness (QED) is 0.397. The van der Waals surface area contributed by atoms with Crippen molar-refractivity contribution in [3.63, 3.8) is 0 Å². The summed E-state index contributed by atoms with van der Waals surface area (Å²) >= 11 is 0.0880. The average molecular weight is 303 g/mol. The molecule has 0 unspecified atom stereocenters. The van der Waals surface area contributed by atoms with Crippen LogP contribution in [-0.2, 0) is 5.41 Å². The van der Waals surface area contributed by atoms with Crippen LogP contribution in [0.1, 0.15) is 77.3 Å². The van der Waals surface area contributed by atoms with Gasteiger partial charge >= 0.3 is 15.6 Å². The molecule has 21 heavy (non-hydrogen) atoms. The van der Waals surface area contributed by atoms with Gasteiger partial charge in [0.05, 0.1) is 5.75 Å². The summed E-state index contributed by atoms with van der Waals surface area (Å²) in [5, 5.41) is 1.25. The first-order valence-electron chi connectivity index (χ1n) is 8.54. The van der Waals surface area contributed by atoms with E-state index in [9.17, 15) is 0 Å². The van der Waals surface area contributed by atoms with Crippen LogP contribution in [0.2, 0.25) is 5.28 Å². The number of rotatable bonds is 9. The summed E-state index contributed by atoms with van der Waals surface area (Å²) in [6.45, 7) is 11.2. The fourth-order valence-corrected chi connectivity index (χ4v) is 3.45. The van der Waals surface area contributed by atoms with Gasteiger partial charge in [-0.15, -0.1) is 0 Å². The van der Waals surface area contributed by atoms with Gasteiger partial charge in [-0.25, -0.2) is 0 Å². The van der Waals surface area contributed by atoms with E-state index in [4.69, 9.17) is 3.79 Å². The topological polar surface area (TPSA) is 9.23 Å². The van der Waals surface area contributed by atoms with Gasteiger partial charge in [0.15, 0.2) is 0 Å². The van der Waals surface area contributed by atoms with E-state index < -0.39 is 0 Å². The maximum atomic E-state index is 6.13. The van der Waals surface area contributed by atoms with E-state index in [-0.39, 0.29) is 21.0 Å². The van der Waals surface area contributed by atoms with Crippen molar-refractivity contribution in [3.8, 4) is 5.75 Å². The Morgan fingerprint density at radius 2 is 1.67 bits per heavy atom. The zero-order chi connectivity index (χ0) is 15.7. The fraction of sp³-hybridized carbons (Fsp3) is 0.684. The Bertz CT molecular complexity index is 407. The molecule has 0 bridgehead atoms. The van der Waals surface area contributed by atoms with E-state index in [1.807, 2.05) is 0 Å². The normalized spacial score (nSPS) is 11.5. The first kappa shape index (κ1) is 18.6. The number of benzene rings is 1. The van der Waals surface area contributed by atoms with Gasteiger partial charge < -0.3 is 3.79 Å². The largest absolute Gasteiger partial charge is 0.648 e. The van der Waals surface area contributed by atoms with Gasteiger partial charge in [-0.05, 0) is 24.0 Å². The zero-order valence-electron chi connectivity index (χ0n) is 14.7. The van der Waals surface area contributed by atoms with Crippen LogP contribution < -0.4 is 3.79 Å². The summed E-state index contributed by atoms with van der Waals surface area (Å²) < 4.78 is 6.13. The predicted molar refractivity (Wildman–Crippen MR) is 94.4 cm³/mol. The van der Waals surface area contributed by atoms with E-state index in [0.29, 0.717) is 0 Å². The van der Waals surface area contributed by atoms with Crippen LogP contribution in [0, 0.1) is 6.92 Å². The highest BCUT2D eigenvalue weighted by molar-refractivity contribution is 6.28. The molecule has 0 aromatic heterocycles. The Labute approximate surface area is 138 Å². The summed E-state index contributed by atoms with van der Waals surface area (Å²) in [5.41, 5.74) is 2.82. The molecule has 0 amide bonds. The lowest BCUT2D eigenvalue weighted by Gasteiger charge is -2.24. The van der Waals surface area contributed by atoms with E-state index in [0.717, 1.165) is 5.75 Å². The van der Waals surface area contributed by atoms with Crippen molar-refractivity contribution in [2.45, 2.75) is 83.8 Å². The molecule has 2 heteroatoms. The highest BCUT2D eigenvalue weighted by Gasteiger charge is 2.18. The summed E-state index contributed by atoms with van der Waals surface area (Å²) in [6.07, 6.45) is 8.22. The second-order valence-corrected chi connectivity index (χ2v) is 8.24. The molecule has 1 rings (SSSR count). The van der Waals surface area contributed by atoms with Crippen molar-refractivity contribution in [1.82, 2.24) is 0 Å². The molecule has 0 aliphatic rings. The second kappa shape index (κ2) is 9.55. The molecule has 117 valence electrons. The highest BCUT2D eigenvalue weighted by Crippen LogP contribution is 2.32. The number of hydrogen-bond acceptors (Lipinski definition) is 1. The molecular weight excluding hydrogens is 271 g/mol. The summed E-state index contributed by atoms with van der Waals surface area (Å²) in [6, 6.07) is 6.60. The fourth-order valence-electron chi connectivity index (χ4n) is 2.49. The van der Waals surface area contributed by atoms with Crippen molar-refractivity contribution in [3.05, 3.63) is 29.3 Å². The molecule has 0 saturated heterocycles. The number of aryl methyl sites for hydroxylation is 1. The van der Waals surface area contributed by atoms with Crippen LogP contribution in [0.4, 0.5) is 0 Å². The molecule has 0 fully saturated rings. The van der Waals surface area contributed by atoms with Gasteiger partial charge in [0, 0.05) is 0 Å². The van der Waals surface area contributed by atoms with Gasteiger partial charge in [-0.2, -0.15) is 0 Å². The summed E-state index contributed by atoms with van der Waals surface area (Å²) in [7, 11) is 0. The predicted octanol–water partition coefficient (Wildman–Crippen LogP) is 6.07. The SMILES string of the molecule is CCCCCCC[CH2][Al][O]c1ccc(C)cc1C(C)(C)C. The lowest BCUT2D eigenvalue weighted by atomic mass is 9.85. The molecule has 0 aliphatic heterocycles. The third kappa shape index (κ3) is 7.39.